The molecular formula is C24H25N3O5S. The van der Waals surface area contributed by atoms with E-state index in [9.17, 15) is 18.0 Å². The second-order valence-electron chi connectivity index (χ2n) is 8.06. The summed E-state index contributed by atoms with van der Waals surface area (Å²) in [7, 11) is -3.93. The van der Waals surface area contributed by atoms with Gasteiger partial charge in [0, 0.05) is 12.1 Å². The normalized spacial score (nSPS) is 17.1. The van der Waals surface area contributed by atoms with Crippen molar-refractivity contribution in [1.82, 2.24) is 14.3 Å². The van der Waals surface area contributed by atoms with Crippen LogP contribution in [-0.2, 0) is 26.2 Å². The molecule has 0 aliphatic carbocycles. The zero-order valence-electron chi connectivity index (χ0n) is 18.5. The molecule has 1 saturated heterocycles. The van der Waals surface area contributed by atoms with Crippen LogP contribution in [0.15, 0.2) is 53.4 Å². The fourth-order valence-corrected chi connectivity index (χ4v) is 5.57. The van der Waals surface area contributed by atoms with E-state index in [1.807, 2.05) is 24.3 Å². The fourth-order valence-electron chi connectivity index (χ4n) is 3.92. The summed E-state index contributed by atoms with van der Waals surface area (Å²) in [5.41, 5.74) is 3.07. The minimum Gasteiger partial charge on any atom is -0.458 e. The molecule has 3 aromatic rings. The molecule has 1 aliphatic rings. The van der Waals surface area contributed by atoms with Crippen LogP contribution in [0.1, 0.15) is 47.9 Å². The molecule has 1 atom stereocenters. The van der Waals surface area contributed by atoms with E-state index in [2.05, 4.69) is 9.97 Å². The Morgan fingerprint density at radius 1 is 1.03 bits per heavy atom. The van der Waals surface area contributed by atoms with E-state index < -0.39 is 22.0 Å². The SMILES string of the molecule is CC(=O)c1ccc(S(=O)(=O)N2CCCC[C@H]2C(=O)OCc2nc3ccccc3nc2C)cc1. The summed E-state index contributed by atoms with van der Waals surface area (Å²) < 4.78 is 33.3. The Bertz CT molecular complexity index is 1310. The van der Waals surface area contributed by atoms with Crippen LogP contribution >= 0.6 is 0 Å². The van der Waals surface area contributed by atoms with Gasteiger partial charge in [0.25, 0.3) is 0 Å². The number of benzene rings is 2. The van der Waals surface area contributed by atoms with Gasteiger partial charge in [-0.1, -0.05) is 24.3 Å². The van der Waals surface area contributed by atoms with Crippen LogP contribution in [0.4, 0.5) is 0 Å². The van der Waals surface area contributed by atoms with Crippen molar-refractivity contribution < 1.29 is 22.7 Å². The highest BCUT2D eigenvalue weighted by Gasteiger charge is 2.38. The third-order valence-corrected chi connectivity index (χ3v) is 7.71. The van der Waals surface area contributed by atoms with E-state index in [1.165, 1.54) is 35.5 Å². The van der Waals surface area contributed by atoms with Crippen LogP contribution in [0.3, 0.4) is 0 Å². The van der Waals surface area contributed by atoms with Crippen LogP contribution in [0.25, 0.3) is 11.0 Å². The number of sulfonamides is 1. The lowest BCUT2D eigenvalue weighted by Crippen LogP contribution is -2.48. The van der Waals surface area contributed by atoms with Gasteiger partial charge < -0.3 is 4.74 Å². The van der Waals surface area contributed by atoms with Gasteiger partial charge in [-0.3, -0.25) is 9.59 Å². The summed E-state index contributed by atoms with van der Waals surface area (Å²) in [5, 5.41) is 0. The lowest BCUT2D eigenvalue weighted by molar-refractivity contribution is -0.150. The van der Waals surface area contributed by atoms with Gasteiger partial charge in [-0.25, -0.2) is 18.4 Å². The van der Waals surface area contributed by atoms with E-state index in [-0.39, 0.29) is 23.8 Å². The van der Waals surface area contributed by atoms with Crippen LogP contribution in [0.5, 0.6) is 0 Å². The molecule has 0 spiro atoms. The highest BCUT2D eigenvalue weighted by molar-refractivity contribution is 7.89. The third kappa shape index (κ3) is 4.79. The number of carbonyl (C=O) groups excluding carboxylic acids is 2. The van der Waals surface area contributed by atoms with E-state index in [1.54, 1.807) is 6.92 Å². The molecular weight excluding hydrogens is 442 g/mol. The van der Waals surface area contributed by atoms with E-state index >= 15 is 0 Å². The highest BCUT2D eigenvalue weighted by atomic mass is 32.2. The number of para-hydroxylation sites is 2. The summed E-state index contributed by atoms with van der Waals surface area (Å²) in [6.07, 6.45) is 1.76. The fraction of sp³-hybridized carbons (Fsp3) is 0.333. The first-order valence-corrected chi connectivity index (χ1v) is 12.2. The number of nitrogens with zero attached hydrogens (tertiary/aromatic N) is 3. The smallest absolute Gasteiger partial charge is 0.324 e. The van der Waals surface area contributed by atoms with Crippen molar-refractivity contribution in [3.63, 3.8) is 0 Å². The summed E-state index contributed by atoms with van der Waals surface area (Å²) in [4.78, 5) is 33.5. The standard InChI is InChI=1S/C24H25N3O5S/c1-16-22(26-21-8-4-3-7-20(21)25-16)15-32-24(29)23-9-5-6-14-27(23)33(30,31)19-12-10-18(11-13-19)17(2)28/h3-4,7-8,10-13,23H,5-6,9,14-15H2,1-2H3/t23-/m0/s1. The molecule has 1 fully saturated rings. The van der Waals surface area contributed by atoms with Crippen LogP contribution < -0.4 is 0 Å². The van der Waals surface area contributed by atoms with Crippen LogP contribution in [-0.4, -0.2) is 47.0 Å². The van der Waals surface area contributed by atoms with Crippen molar-refractivity contribution in [3.05, 3.63) is 65.5 Å². The van der Waals surface area contributed by atoms with Crippen molar-refractivity contribution in [2.24, 2.45) is 0 Å². The van der Waals surface area contributed by atoms with Gasteiger partial charge in [0.05, 0.1) is 27.3 Å². The van der Waals surface area contributed by atoms with Crippen LogP contribution in [0.2, 0.25) is 0 Å². The van der Waals surface area contributed by atoms with Gasteiger partial charge in [0.1, 0.15) is 12.6 Å². The zero-order valence-corrected chi connectivity index (χ0v) is 19.3. The Hall–Kier alpha value is -3.17. The Labute approximate surface area is 192 Å². The Morgan fingerprint density at radius 3 is 2.36 bits per heavy atom. The molecule has 172 valence electrons. The minimum atomic E-state index is -3.93. The molecule has 9 heteroatoms. The number of fused-ring (bicyclic) bond motifs is 1. The molecule has 0 amide bonds. The second-order valence-corrected chi connectivity index (χ2v) is 9.95. The summed E-state index contributed by atoms with van der Waals surface area (Å²) in [5.74, 6) is -0.751. The number of hydrogen-bond acceptors (Lipinski definition) is 7. The lowest BCUT2D eigenvalue weighted by atomic mass is 10.1. The molecule has 0 unspecified atom stereocenters. The number of Topliss-reactive ketones (excluding diaryl/α,β-unsaturated/α-hetero) is 1. The third-order valence-electron chi connectivity index (χ3n) is 5.79. The number of aromatic nitrogens is 2. The first-order chi connectivity index (χ1) is 15.8. The van der Waals surface area contributed by atoms with Gasteiger partial charge in [-0.15, -0.1) is 0 Å². The van der Waals surface area contributed by atoms with Gasteiger partial charge in [-0.05, 0) is 57.4 Å². The maximum absolute atomic E-state index is 13.3. The zero-order chi connectivity index (χ0) is 23.6. The van der Waals surface area contributed by atoms with Crippen molar-refractivity contribution >= 4 is 32.8 Å². The predicted octanol–water partition coefficient (Wildman–Crippen LogP) is 3.43. The average Bonchev–Trinajstić information content (AvgIpc) is 2.82. The first kappa shape index (κ1) is 23.0. The van der Waals surface area contributed by atoms with E-state index in [0.717, 1.165) is 11.9 Å². The molecule has 0 bridgehead atoms. The van der Waals surface area contributed by atoms with Gasteiger partial charge in [0.2, 0.25) is 10.0 Å². The number of esters is 1. The highest BCUT2D eigenvalue weighted by Crippen LogP contribution is 2.27. The van der Waals surface area contributed by atoms with Gasteiger partial charge >= 0.3 is 5.97 Å². The monoisotopic (exact) mass is 467 g/mol. The van der Waals surface area contributed by atoms with Gasteiger partial charge in [0.15, 0.2) is 5.78 Å². The average molecular weight is 468 g/mol. The van der Waals surface area contributed by atoms with Crippen molar-refractivity contribution in [2.75, 3.05) is 6.54 Å². The predicted molar refractivity (Wildman–Crippen MR) is 122 cm³/mol. The molecule has 1 aromatic heterocycles. The Kier molecular flexibility index (Phi) is 6.53. The largest absolute Gasteiger partial charge is 0.458 e. The maximum Gasteiger partial charge on any atom is 0.324 e. The quantitative estimate of drug-likeness (QED) is 0.404. The molecule has 0 N–H and O–H groups in total. The number of hydrogen-bond donors (Lipinski definition) is 0. The molecule has 2 aromatic carbocycles. The summed E-state index contributed by atoms with van der Waals surface area (Å²) >= 11 is 0. The Morgan fingerprint density at radius 2 is 1.70 bits per heavy atom. The van der Waals surface area contributed by atoms with Crippen LogP contribution in [0, 0.1) is 6.92 Å². The summed E-state index contributed by atoms with van der Waals surface area (Å²) in [6.45, 7) is 3.36. The van der Waals surface area contributed by atoms with Crippen molar-refractivity contribution in [1.29, 1.82) is 0 Å². The number of rotatable bonds is 6. The number of ketones is 1. The van der Waals surface area contributed by atoms with Crippen molar-refractivity contribution in [3.8, 4) is 0 Å². The van der Waals surface area contributed by atoms with Gasteiger partial charge in [-0.2, -0.15) is 4.31 Å². The number of piperidine rings is 1. The first-order valence-electron chi connectivity index (χ1n) is 10.8. The summed E-state index contributed by atoms with van der Waals surface area (Å²) in [6, 6.07) is 12.3. The molecule has 1 aliphatic heterocycles. The second kappa shape index (κ2) is 9.36. The molecule has 4 rings (SSSR count). The topological polar surface area (TPSA) is 107 Å². The maximum atomic E-state index is 13.3. The lowest BCUT2D eigenvalue weighted by Gasteiger charge is -2.33. The van der Waals surface area contributed by atoms with Crippen molar-refractivity contribution in [2.45, 2.75) is 50.7 Å². The minimum absolute atomic E-state index is 0.0449. The molecule has 2 heterocycles. The number of ether oxygens (including phenoxy) is 1. The number of aryl methyl sites for hydroxylation is 1. The van der Waals surface area contributed by atoms with E-state index in [0.29, 0.717) is 35.3 Å². The molecule has 0 saturated carbocycles. The molecule has 0 radical (unpaired) electrons. The number of carbonyl (C=O) groups is 2. The molecule has 8 nitrogen and oxygen atoms in total. The molecule has 33 heavy (non-hydrogen) atoms. The Balaban J connectivity index is 1.52. The van der Waals surface area contributed by atoms with E-state index in [4.69, 9.17) is 4.74 Å².